The molecule has 0 aliphatic rings. The summed E-state index contributed by atoms with van der Waals surface area (Å²) in [5.74, 6) is 0.748. The zero-order chi connectivity index (χ0) is 17.6. The van der Waals surface area contributed by atoms with E-state index in [2.05, 4.69) is 16.4 Å². The van der Waals surface area contributed by atoms with Gasteiger partial charge in [0.15, 0.2) is 0 Å². The molecular weight excluding hydrogens is 332 g/mol. The third-order valence-electron chi connectivity index (χ3n) is 3.55. The third-order valence-corrected chi connectivity index (χ3v) is 4.42. The number of nitrogens with zero attached hydrogens (tertiary/aromatic N) is 1. The summed E-state index contributed by atoms with van der Waals surface area (Å²) in [6.45, 7) is 4.44. The second kappa shape index (κ2) is 7.94. The first kappa shape index (κ1) is 17.2. The summed E-state index contributed by atoms with van der Waals surface area (Å²) in [5.41, 5.74) is 3.84. The number of hydrogen-bond acceptors (Lipinski definition) is 4. The molecule has 0 aliphatic heterocycles. The number of benzene rings is 2. The van der Waals surface area contributed by atoms with Crippen LogP contribution in [0.4, 0.5) is 5.69 Å². The molecule has 1 amide bonds. The number of nitrogens with one attached hydrogen (secondary N) is 1. The Balaban J connectivity index is 1.54. The quantitative estimate of drug-likeness (QED) is 0.709. The summed E-state index contributed by atoms with van der Waals surface area (Å²) in [7, 11) is 0. The van der Waals surface area contributed by atoms with E-state index in [4.69, 9.17) is 4.74 Å². The highest BCUT2D eigenvalue weighted by atomic mass is 32.1. The van der Waals surface area contributed by atoms with E-state index < -0.39 is 0 Å². The highest BCUT2D eigenvalue weighted by Crippen LogP contribution is 2.17. The second-order valence-corrected chi connectivity index (χ2v) is 6.88. The van der Waals surface area contributed by atoms with Crippen molar-refractivity contribution in [1.82, 2.24) is 4.98 Å². The lowest BCUT2D eigenvalue weighted by molar-refractivity contribution is -0.115. The van der Waals surface area contributed by atoms with E-state index >= 15 is 0 Å². The second-order valence-electron chi connectivity index (χ2n) is 5.94. The lowest BCUT2D eigenvalue weighted by Gasteiger charge is -2.06. The molecule has 4 nitrogen and oxygen atoms in total. The van der Waals surface area contributed by atoms with Gasteiger partial charge in [-0.2, -0.15) is 0 Å². The Morgan fingerprint density at radius 1 is 1.12 bits per heavy atom. The molecule has 3 aromatic rings. The molecule has 0 saturated heterocycles. The summed E-state index contributed by atoms with van der Waals surface area (Å²) in [6, 6.07) is 15.6. The van der Waals surface area contributed by atoms with Crippen LogP contribution in [0.15, 0.2) is 53.9 Å². The standard InChI is InChI=1S/C20H20N2O2S/c1-14-8-15(2)10-16(9-14)21-19(23)11-17-13-25-20(22-17)12-24-18-6-4-3-5-7-18/h3-10,13H,11-12H2,1-2H3,(H,21,23). The average molecular weight is 352 g/mol. The van der Waals surface area contributed by atoms with Gasteiger partial charge in [0.1, 0.15) is 17.4 Å². The monoisotopic (exact) mass is 352 g/mol. The van der Waals surface area contributed by atoms with E-state index in [0.29, 0.717) is 6.61 Å². The normalized spacial score (nSPS) is 10.5. The van der Waals surface area contributed by atoms with Gasteiger partial charge in [-0.15, -0.1) is 11.3 Å². The summed E-state index contributed by atoms with van der Waals surface area (Å²) >= 11 is 1.51. The molecule has 1 heterocycles. The summed E-state index contributed by atoms with van der Waals surface area (Å²) in [4.78, 5) is 16.7. The maximum atomic E-state index is 12.2. The van der Waals surface area contributed by atoms with Crippen LogP contribution in [0.5, 0.6) is 5.75 Å². The highest BCUT2D eigenvalue weighted by molar-refractivity contribution is 7.09. The number of aryl methyl sites for hydroxylation is 2. The molecule has 3 rings (SSSR count). The minimum Gasteiger partial charge on any atom is -0.486 e. The van der Waals surface area contributed by atoms with Crippen LogP contribution < -0.4 is 10.1 Å². The Morgan fingerprint density at radius 2 is 1.84 bits per heavy atom. The number of amides is 1. The van der Waals surface area contributed by atoms with Crippen LogP contribution in [-0.2, 0) is 17.8 Å². The molecule has 2 aromatic carbocycles. The first-order chi connectivity index (χ1) is 12.1. The molecule has 1 N–H and O–H groups in total. The van der Waals surface area contributed by atoms with Crippen LogP contribution in [-0.4, -0.2) is 10.9 Å². The number of carbonyl (C=O) groups is 1. The molecule has 0 saturated carbocycles. The molecule has 0 unspecified atom stereocenters. The van der Waals surface area contributed by atoms with E-state index in [-0.39, 0.29) is 12.3 Å². The number of thiazole rings is 1. The molecule has 0 spiro atoms. The smallest absolute Gasteiger partial charge is 0.230 e. The lowest BCUT2D eigenvalue weighted by atomic mass is 10.1. The van der Waals surface area contributed by atoms with Crippen LogP contribution in [0.25, 0.3) is 0 Å². The summed E-state index contributed by atoms with van der Waals surface area (Å²) in [6.07, 6.45) is 0.259. The predicted molar refractivity (Wildman–Crippen MR) is 101 cm³/mol. The fourth-order valence-electron chi connectivity index (χ4n) is 2.57. The van der Waals surface area contributed by atoms with Crippen molar-refractivity contribution in [3.05, 3.63) is 75.7 Å². The van der Waals surface area contributed by atoms with Crippen LogP contribution >= 0.6 is 11.3 Å². The molecule has 0 radical (unpaired) electrons. The molecule has 0 bridgehead atoms. The molecular formula is C20H20N2O2S. The number of carbonyl (C=O) groups excluding carboxylic acids is 1. The van der Waals surface area contributed by atoms with Crippen molar-refractivity contribution in [1.29, 1.82) is 0 Å². The summed E-state index contributed by atoms with van der Waals surface area (Å²) in [5, 5.41) is 5.70. The van der Waals surface area contributed by atoms with Crippen molar-refractivity contribution in [3.8, 4) is 5.75 Å². The van der Waals surface area contributed by atoms with Gasteiger partial charge in [0.2, 0.25) is 5.91 Å². The fraction of sp³-hybridized carbons (Fsp3) is 0.200. The first-order valence-corrected chi connectivity index (χ1v) is 8.96. The Hall–Kier alpha value is -2.66. The maximum Gasteiger partial charge on any atom is 0.230 e. The van der Waals surface area contributed by atoms with Crippen molar-refractivity contribution in [3.63, 3.8) is 0 Å². The number of para-hydroxylation sites is 1. The number of anilines is 1. The molecule has 0 aliphatic carbocycles. The summed E-state index contributed by atoms with van der Waals surface area (Å²) < 4.78 is 5.68. The molecule has 128 valence electrons. The van der Waals surface area contributed by atoms with Gasteiger partial charge in [-0.05, 0) is 49.2 Å². The molecule has 1 aromatic heterocycles. The molecule has 25 heavy (non-hydrogen) atoms. The van der Waals surface area contributed by atoms with Crippen LogP contribution in [0.3, 0.4) is 0 Å². The van der Waals surface area contributed by atoms with Gasteiger partial charge in [0.25, 0.3) is 0 Å². The van der Waals surface area contributed by atoms with Gasteiger partial charge >= 0.3 is 0 Å². The van der Waals surface area contributed by atoms with Gasteiger partial charge in [-0.25, -0.2) is 4.98 Å². The Labute approximate surface area is 151 Å². The fourth-order valence-corrected chi connectivity index (χ4v) is 3.28. The Kier molecular flexibility index (Phi) is 5.46. The van der Waals surface area contributed by atoms with Gasteiger partial charge in [0, 0.05) is 11.1 Å². The lowest BCUT2D eigenvalue weighted by Crippen LogP contribution is -2.14. The SMILES string of the molecule is Cc1cc(C)cc(NC(=O)Cc2csc(COc3ccccc3)n2)c1. The van der Waals surface area contributed by atoms with E-state index in [1.165, 1.54) is 11.3 Å². The number of aromatic nitrogens is 1. The van der Waals surface area contributed by atoms with Crippen LogP contribution in [0, 0.1) is 13.8 Å². The minimum absolute atomic E-state index is 0.0640. The van der Waals surface area contributed by atoms with Crippen molar-refractivity contribution in [2.45, 2.75) is 26.9 Å². The third kappa shape index (κ3) is 5.16. The number of hydrogen-bond donors (Lipinski definition) is 1. The van der Waals surface area contributed by atoms with Gasteiger partial charge in [-0.1, -0.05) is 24.3 Å². The topological polar surface area (TPSA) is 51.2 Å². The van der Waals surface area contributed by atoms with E-state index in [1.807, 2.05) is 61.7 Å². The van der Waals surface area contributed by atoms with Crippen LogP contribution in [0.2, 0.25) is 0 Å². The highest BCUT2D eigenvalue weighted by Gasteiger charge is 2.09. The zero-order valence-electron chi connectivity index (χ0n) is 14.3. The van der Waals surface area contributed by atoms with Crippen molar-refractivity contribution < 1.29 is 9.53 Å². The van der Waals surface area contributed by atoms with Crippen molar-refractivity contribution in [2.24, 2.45) is 0 Å². The number of rotatable bonds is 6. The largest absolute Gasteiger partial charge is 0.486 e. The van der Waals surface area contributed by atoms with Gasteiger partial charge in [0.05, 0.1) is 12.1 Å². The number of ether oxygens (including phenoxy) is 1. The Bertz CT molecular complexity index is 839. The van der Waals surface area contributed by atoms with Crippen LogP contribution in [0.1, 0.15) is 21.8 Å². The molecule has 0 atom stereocenters. The zero-order valence-corrected chi connectivity index (χ0v) is 15.1. The van der Waals surface area contributed by atoms with E-state index in [0.717, 1.165) is 33.3 Å². The van der Waals surface area contributed by atoms with Crippen molar-refractivity contribution >= 4 is 22.9 Å². The predicted octanol–water partition coefficient (Wildman–Crippen LogP) is 4.52. The maximum absolute atomic E-state index is 12.2. The van der Waals surface area contributed by atoms with E-state index in [9.17, 15) is 4.79 Å². The van der Waals surface area contributed by atoms with Gasteiger partial charge in [-0.3, -0.25) is 4.79 Å². The van der Waals surface area contributed by atoms with E-state index in [1.54, 1.807) is 0 Å². The molecule has 0 fully saturated rings. The minimum atomic E-state index is -0.0640. The van der Waals surface area contributed by atoms with Crippen molar-refractivity contribution in [2.75, 3.05) is 5.32 Å². The first-order valence-electron chi connectivity index (χ1n) is 8.08. The van der Waals surface area contributed by atoms with Gasteiger partial charge < -0.3 is 10.1 Å². The Morgan fingerprint density at radius 3 is 2.56 bits per heavy atom. The molecule has 5 heteroatoms. The average Bonchev–Trinajstić information content (AvgIpc) is 3.00.